The molecule has 0 saturated heterocycles. The molecule has 0 radical (unpaired) electrons. The van der Waals surface area contributed by atoms with E-state index in [1.165, 1.54) is 327 Å². The zero-order valence-corrected chi connectivity index (χ0v) is 59.0. The first-order valence-corrected chi connectivity index (χ1v) is 38.5. The lowest BCUT2D eigenvalue weighted by Crippen LogP contribution is -2.40. The minimum atomic E-state index is -1.51. The van der Waals surface area contributed by atoms with Crippen molar-refractivity contribution in [1.29, 1.82) is 0 Å². The van der Waals surface area contributed by atoms with Crippen molar-refractivity contribution in [2.75, 3.05) is 47.5 Å². The van der Waals surface area contributed by atoms with E-state index < -0.39 is 18.4 Å². The van der Waals surface area contributed by atoms with E-state index in [1.54, 1.807) is 0 Å². The molecule has 0 rings (SSSR count). The molecule has 1 N–H and O–H groups in total. The molecule has 9 nitrogen and oxygen atoms in total. The molecule has 2 unspecified atom stereocenters. The van der Waals surface area contributed by atoms with E-state index in [1.807, 2.05) is 21.1 Å². The third-order valence-corrected chi connectivity index (χ3v) is 17.7. The number of hydrogen-bond acceptors (Lipinski definition) is 7. The van der Waals surface area contributed by atoms with Crippen LogP contribution >= 0.6 is 0 Å². The standard InChI is InChI=1S/C78H149NO8/c1-6-8-10-12-14-16-18-20-22-24-26-28-30-32-34-36-38-40-42-44-46-48-50-52-54-56-58-60-62-64-66-68-75(80)85-72-74(73-86-78(77(82)83)84-71-70-79(3,4)5)87-76(81)69-67-65-63-61-59-57-55-53-51-49-47-45-43-41-39-37-35-33-31-29-27-25-23-21-19-17-15-13-11-9-7-2/h19,21,25,27,74,78H,6-18,20,22-24,26,28-73H2,1-5H3/p+1/b21-19-,27-25-. The lowest BCUT2D eigenvalue weighted by molar-refractivity contribution is -0.870. The van der Waals surface area contributed by atoms with Gasteiger partial charge in [-0.25, -0.2) is 4.79 Å². The summed E-state index contributed by atoms with van der Waals surface area (Å²) in [5, 5.41) is 9.76. The maximum Gasteiger partial charge on any atom is 0.361 e. The van der Waals surface area contributed by atoms with Gasteiger partial charge in [0.2, 0.25) is 0 Å². The Kier molecular flexibility index (Phi) is 67.9. The summed E-state index contributed by atoms with van der Waals surface area (Å²) in [7, 11) is 6.00. The fourth-order valence-corrected chi connectivity index (χ4v) is 11.8. The highest BCUT2D eigenvalue weighted by atomic mass is 16.7. The zero-order chi connectivity index (χ0) is 63.3. The van der Waals surface area contributed by atoms with Crippen LogP contribution in [0.4, 0.5) is 0 Å². The summed E-state index contributed by atoms with van der Waals surface area (Å²) >= 11 is 0. The maximum atomic E-state index is 13.0. The molecule has 0 fully saturated rings. The summed E-state index contributed by atoms with van der Waals surface area (Å²) in [6.07, 6.45) is 84.7. The Balaban J connectivity index is 4.00. The summed E-state index contributed by atoms with van der Waals surface area (Å²) in [5.74, 6) is -1.97. The highest BCUT2D eigenvalue weighted by Crippen LogP contribution is 2.20. The first kappa shape index (κ1) is 84.8. The van der Waals surface area contributed by atoms with Crippen LogP contribution in [-0.4, -0.2) is 87.4 Å². The van der Waals surface area contributed by atoms with Crippen molar-refractivity contribution >= 4 is 17.9 Å². The molecule has 0 amide bonds. The largest absolute Gasteiger partial charge is 0.477 e. The van der Waals surface area contributed by atoms with Crippen molar-refractivity contribution < 1.29 is 42.9 Å². The van der Waals surface area contributed by atoms with E-state index in [4.69, 9.17) is 18.9 Å². The molecule has 0 aromatic heterocycles. The van der Waals surface area contributed by atoms with E-state index in [-0.39, 0.29) is 38.2 Å². The van der Waals surface area contributed by atoms with Crippen molar-refractivity contribution in [3.8, 4) is 0 Å². The Hall–Kier alpha value is -2.23. The zero-order valence-electron chi connectivity index (χ0n) is 59.0. The highest BCUT2D eigenvalue weighted by Gasteiger charge is 2.25. The second kappa shape index (κ2) is 69.7. The van der Waals surface area contributed by atoms with Gasteiger partial charge in [-0.15, -0.1) is 0 Å². The number of unbranched alkanes of at least 4 members (excludes halogenated alkanes) is 54. The van der Waals surface area contributed by atoms with Crippen molar-refractivity contribution in [3.05, 3.63) is 24.3 Å². The Morgan fingerprint density at radius 1 is 0.345 bits per heavy atom. The van der Waals surface area contributed by atoms with Gasteiger partial charge in [-0.2, -0.15) is 0 Å². The number of ether oxygens (including phenoxy) is 4. The molecule has 87 heavy (non-hydrogen) atoms. The van der Waals surface area contributed by atoms with Crippen molar-refractivity contribution in [1.82, 2.24) is 0 Å². The molecule has 0 aliphatic rings. The monoisotopic (exact) mass is 1230 g/mol. The predicted molar refractivity (Wildman–Crippen MR) is 374 cm³/mol. The molecule has 0 heterocycles. The van der Waals surface area contributed by atoms with E-state index in [0.717, 1.165) is 44.9 Å². The fourth-order valence-electron chi connectivity index (χ4n) is 11.8. The van der Waals surface area contributed by atoms with Crippen LogP contribution in [0, 0.1) is 0 Å². The van der Waals surface area contributed by atoms with E-state index in [2.05, 4.69) is 38.2 Å². The molecule has 514 valence electrons. The van der Waals surface area contributed by atoms with Gasteiger partial charge in [-0.05, 0) is 44.9 Å². The molecule has 2 atom stereocenters. The van der Waals surface area contributed by atoms with Gasteiger partial charge < -0.3 is 28.5 Å². The number of quaternary nitrogens is 1. The maximum absolute atomic E-state index is 13.0. The van der Waals surface area contributed by atoms with Gasteiger partial charge in [0.1, 0.15) is 13.2 Å². The van der Waals surface area contributed by atoms with Gasteiger partial charge in [-0.3, -0.25) is 9.59 Å². The minimum absolute atomic E-state index is 0.174. The predicted octanol–water partition coefficient (Wildman–Crippen LogP) is 24.1. The van der Waals surface area contributed by atoms with Crippen LogP contribution in [0.5, 0.6) is 0 Å². The van der Waals surface area contributed by atoms with Crippen LogP contribution < -0.4 is 0 Å². The first-order valence-electron chi connectivity index (χ1n) is 38.5. The topological polar surface area (TPSA) is 108 Å². The number of carboxylic acid groups (broad SMARTS) is 1. The third kappa shape index (κ3) is 71.1. The van der Waals surface area contributed by atoms with Gasteiger partial charge in [-0.1, -0.05) is 366 Å². The number of allylic oxidation sites excluding steroid dienone is 4. The summed E-state index contributed by atoms with van der Waals surface area (Å²) in [5.41, 5.74) is 0. The number of carboxylic acids is 1. The lowest BCUT2D eigenvalue weighted by Gasteiger charge is -2.25. The van der Waals surface area contributed by atoms with Crippen LogP contribution in [0.15, 0.2) is 24.3 Å². The molecule has 0 aromatic carbocycles. The van der Waals surface area contributed by atoms with Gasteiger partial charge in [0.05, 0.1) is 34.4 Å². The molecule has 9 heteroatoms. The number of hydrogen-bond donors (Lipinski definition) is 1. The number of carbonyl (C=O) groups excluding carboxylic acids is 2. The number of rotatable bonds is 73. The van der Waals surface area contributed by atoms with Crippen LogP contribution in [0.25, 0.3) is 0 Å². The molecule has 0 saturated carbocycles. The molecule has 0 bridgehead atoms. The number of nitrogens with zero attached hydrogens (tertiary/aromatic N) is 1. The molecular weight excluding hydrogens is 1080 g/mol. The average Bonchev–Trinajstić information content (AvgIpc) is 3.56. The Morgan fingerprint density at radius 3 is 0.908 bits per heavy atom. The smallest absolute Gasteiger partial charge is 0.361 e. The van der Waals surface area contributed by atoms with E-state index in [9.17, 15) is 19.5 Å². The summed E-state index contributed by atoms with van der Waals surface area (Å²) < 4.78 is 23.1. The SMILES string of the molecule is CCCCCCC/C=C\C/C=C\CCCCCCCCCCCCCCCCCCCCCC(=O)OC(COC(=O)CCCCCCCCCCCCCCCCCCCCCCCCCCCCCCCCC)COC(OCC[N+](C)(C)C)C(=O)O. The fraction of sp³-hybridized carbons (Fsp3) is 0.910. The Bertz CT molecular complexity index is 1480. The number of likely N-dealkylation sites (N-methyl/N-ethyl adjacent to an activating group) is 1. The third-order valence-electron chi connectivity index (χ3n) is 17.7. The summed E-state index contributed by atoms with van der Waals surface area (Å²) in [4.78, 5) is 37.7. The molecule has 0 aliphatic carbocycles. The molecule has 0 spiro atoms. The van der Waals surface area contributed by atoms with Gasteiger partial charge >= 0.3 is 17.9 Å². The van der Waals surface area contributed by atoms with Crippen LogP contribution in [0.2, 0.25) is 0 Å². The van der Waals surface area contributed by atoms with Gasteiger partial charge in [0.15, 0.2) is 6.10 Å². The first-order chi connectivity index (χ1) is 42.6. The van der Waals surface area contributed by atoms with Crippen LogP contribution in [-0.2, 0) is 33.3 Å². The van der Waals surface area contributed by atoms with Crippen LogP contribution in [0.1, 0.15) is 399 Å². The van der Waals surface area contributed by atoms with Crippen molar-refractivity contribution in [2.24, 2.45) is 0 Å². The quantitative estimate of drug-likeness (QED) is 0.0211. The molecule has 0 aromatic rings. The van der Waals surface area contributed by atoms with Gasteiger partial charge in [0, 0.05) is 12.8 Å². The lowest BCUT2D eigenvalue weighted by atomic mass is 10.0. The van der Waals surface area contributed by atoms with Crippen molar-refractivity contribution in [2.45, 2.75) is 411 Å². The number of esters is 2. The van der Waals surface area contributed by atoms with Crippen LogP contribution in [0.3, 0.4) is 0 Å². The second-order valence-corrected chi connectivity index (χ2v) is 27.7. The van der Waals surface area contributed by atoms with E-state index >= 15 is 0 Å². The van der Waals surface area contributed by atoms with E-state index in [0.29, 0.717) is 17.4 Å². The summed E-state index contributed by atoms with van der Waals surface area (Å²) in [6, 6.07) is 0. The molecular formula is C78H150NO8+. The number of carbonyl (C=O) groups is 3. The average molecular weight is 1230 g/mol. The summed E-state index contributed by atoms with van der Waals surface area (Å²) in [6.45, 7) is 4.95. The Morgan fingerprint density at radius 2 is 0.621 bits per heavy atom. The Labute approximate surface area is 541 Å². The second-order valence-electron chi connectivity index (χ2n) is 27.7. The van der Waals surface area contributed by atoms with Gasteiger partial charge in [0.25, 0.3) is 6.29 Å². The van der Waals surface area contributed by atoms with Crippen molar-refractivity contribution in [3.63, 3.8) is 0 Å². The minimum Gasteiger partial charge on any atom is -0.477 e. The normalized spacial score (nSPS) is 12.7. The number of aliphatic carboxylic acids is 1. The molecule has 0 aliphatic heterocycles. The highest BCUT2D eigenvalue weighted by molar-refractivity contribution is 5.71.